The summed E-state index contributed by atoms with van der Waals surface area (Å²) in [6, 6.07) is 0. The van der Waals surface area contributed by atoms with Gasteiger partial charge >= 0.3 is 0 Å². The van der Waals surface area contributed by atoms with Gasteiger partial charge in [-0.05, 0) is 38.5 Å². The topological polar surface area (TPSA) is 48.4 Å². The van der Waals surface area contributed by atoms with Crippen molar-refractivity contribution in [3.05, 3.63) is 0 Å². The van der Waals surface area contributed by atoms with Gasteiger partial charge in [0.25, 0.3) is 0 Å². The maximum atomic E-state index is 5.49. The van der Waals surface area contributed by atoms with Crippen LogP contribution >= 0.6 is 0 Å². The van der Waals surface area contributed by atoms with Crippen molar-refractivity contribution in [1.82, 2.24) is 15.0 Å². The van der Waals surface area contributed by atoms with Crippen LogP contribution in [0, 0.1) is 0 Å². The van der Waals surface area contributed by atoms with Gasteiger partial charge in [-0.2, -0.15) is 15.0 Å². The molecule has 0 unspecified atom stereocenters. The van der Waals surface area contributed by atoms with Gasteiger partial charge in [-0.1, -0.05) is 234 Å². The highest BCUT2D eigenvalue weighted by molar-refractivity contribution is 5.46. The van der Waals surface area contributed by atoms with Crippen LogP contribution in [-0.4, -0.2) is 54.2 Å². The molecule has 1 aromatic heterocycles. The molecule has 6 heteroatoms. The Balaban J connectivity index is 3.53. The molecular weight excluding hydrogens is 697 g/mol. The Morgan fingerprint density at radius 2 is 0.351 bits per heavy atom. The van der Waals surface area contributed by atoms with E-state index in [1.807, 2.05) is 0 Å². The molecule has 0 fully saturated rings. The third kappa shape index (κ3) is 30.1. The standard InChI is InChI=1S/C51H102N6/c1-7-13-19-25-31-37-43-55(44-38-32-26-20-14-8-2)49-52-50(56(45-39-33-27-21-15-9-3)46-40-34-28-22-16-10-4)54-51(53-49)57(47-41-35-29-23-17-11-5)48-42-36-30-24-18-12-6/h7-48H2,1-6H3. The molecule has 0 saturated heterocycles. The van der Waals surface area contributed by atoms with E-state index in [4.69, 9.17) is 15.0 Å². The van der Waals surface area contributed by atoms with Crippen molar-refractivity contribution in [3.63, 3.8) is 0 Å². The largest absolute Gasteiger partial charge is 0.341 e. The number of rotatable bonds is 45. The summed E-state index contributed by atoms with van der Waals surface area (Å²) in [6.07, 6.45) is 47.5. The smallest absolute Gasteiger partial charge is 0.231 e. The monoisotopic (exact) mass is 799 g/mol. The number of nitrogens with zero attached hydrogens (tertiary/aromatic N) is 6. The van der Waals surface area contributed by atoms with Crippen LogP contribution in [0.1, 0.15) is 273 Å². The van der Waals surface area contributed by atoms with Crippen LogP contribution in [0.25, 0.3) is 0 Å². The minimum Gasteiger partial charge on any atom is -0.341 e. The van der Waals surface area contributed by atoms with Gasteiger partial charge in [0.2, 0.25) is 17.8 Å². The fraction of sp³-hybridized carbons (Fsp3) is 0.941. The lowest BCUT2D eigenvalue weighted by Crippen LogP contribution is -2.34. The number of unbranched alkanes of at least 4 members (excludes halogenated alkanes) is 30. The third-order valence-electron chi connectivity index (χ3n) is 12.1. The lowest BCUT2D eigenvalue weighted by Gasteiger charge is -2.30. The van der Waals surface area contributed by atoms with Crippen LogP contribution in [0.4, 0.5) is 17.8 Å². The molecule has 1 aromatic rings. The summed E-state index contributed by atoms with van der Waals surface area (Å²) in [6.45, 7) is 20.3. The summed E-state index contributed by atoms with van der Waals surface area (Å²) in [4.78, 5) is 24.3. The molecule has 0 atom stereocenters. The molecule has 0 N–H and O–H groups in total. The van der Waals surface area contributed by atoms with Crippen molar-refractivity contribution in [2.24, 2.45) is 0 Å². The van der Waals surface area contributed by atoms with Gasteiger partial charge in [-0.15, -0.1) is 0 Å². The van der Waals surface area contributed by atoms with Gasteiger partial charge in [-0.25, -0.2) is 0 Å². The molecule has 1 heterocycles. The van der Waals surface area contributed by atoms with E-state index in [0.29, 0.717) is 0 Å². The fourth-order valence-corrected chi connectivity index (χ4v) is 8.20. The average Bonchev–Trinajstić information content (AvgIpc) is 3.22. The predicted molar refractivity (Wildman–Crippen MR) is 257 cm³/mol. The zero-order valence-corrected chi connectivity index (χ0v) is 39.9. The Morgan fingerprint density at radius 1 is 0.211 bits per heavy atom. The first-order valence-electron chi connectivity index (χ1n) is 26.2. The molecule has 57 heavy (non-hydrogen) atoms. The molecule has 0 radical (unpaired) electrons. The highest BCUT2D eigenvalue weighted by Gasteiger charge is 2.21. The highest BCUT2D eigenvalue weighted by atomic mass is 15.4. The number of aromatic nitrogens is 3. The van der Waals surface area contributed by atoms with Gasteiger partial charge in [0.15, 0.2) is 0 Å². The van der Waals surface area contributed by atoms with Gasteiger partial charge in [0.1, 0.15) is 0 Å². The first-order chi connectivity index (χ1) is 28.1. The summed E-state index contributed by atoms with van der Waals surface area (Å²) in [7, 11) is 0. The van der Waals surface area contributed by atoms with Crippen LogP contribution in [0.5, 0.6) is 0 Å². The van der Waals surface area contributed by atoms with E-state index in [-0.39, 0.29) is 0 Å². The number of anilines is 3. The molecule has 0 amide bonds. The summed E-state index contributed by atoms with van der Waals surface area (Å²) < 4.78 is 0. The fourth-order valence-electron chi connectivity index (χ4n) is 8.20. The van der Waals surface area contributed by atoms with Gasteiger partial charge in [0, 0.05) is 39.3 Å². The van der Waals surface area contributed by atoms with Crippen LogP contribution in [0.2, 0.25) is 0 Å². The summed E-state index contributed by atoms with van der Waals surface area (Å²) >= 11 is 0. The molecule has 336 valence electrons. The second kappa shape index (κ2) is 41.2. The van der Waals surface area contributed by atoms with Gasteiger partial charge in [-0.3, -0.25) is 0 Å². The van der Waals surface area contributed by atoms with Crippen molar-refractivity contribution >= 4 is 17.8 Å². The molecule has 0 spiro atoms. The molecule has 6 nitrogen and oxygen atoms in total. The second-order valence-electron chi connectivity index (χ2n) is 17.8. The molecule has 0 saturated carbocycles. The lowest BCUT2D eigenvalue weighted by atomic mass is 10.1. The van der Waals surface area contributed by atoms with Crippen LogP contribution in [0.15, 0.2) is 0 Å². The van der Waals surface area contributed by atoms with Crippen LogP contribution < -0.4 is 14.7 Å². The van der Waals surface area contributed by atoms with Crippen LogP contribution in [0.3, 0.4) is 0 Å². The first kappa shape index (κ1) is 53.4. The molecule has 1 rings (SSSR count). The summed E-state index contributed by atoms with van der Waals surface area (Å²) in [5.74, 6) is 2.89. The maximum absolute atomic E-state index is 5.49. The van der Waals surface area contributed by atoms with Crippen molar-refractivity contribution in [1.29, 1.82) is 0 Å². The normalized spacial score (nSPS) is 11.5. The van der Waals surface area contributed by atoms with E-state index in [9.17, 15) is 0 Å². The third-order valence-corrected chi connectivity index (χ3v) is 12.1. The van der Waals surface area contributed by atoms with E-state index >= 15 is 0 Å². The molecule has 0 aliphatic rings. The Bertz CT molecular complexity index is 776. The zero-order chi connectivity index (χ0) is 41.3. The van der Waals surface area contributed by atoms with E-state index < -0.39 is 0 Å². The van der Waals surface area contributed by atoms with E-state index in [0.717, 1.165) is 57.1 Å². The average molecular weight is 799 g/mol. The van der Waals surface area contributed by atoms with E-state index in [1.165, 1.54) is 231 Å². The molecule has 0 aliphatic heterocycles. The highest BCUT2D eigenvalue weighted by Crippen LogP contribution is 2.24. The molecular formula is C51H102N6. The van der Waals surface area contributed by atoms with Crippen molar-refractivity contribution in [2.75, 3.05) is 54.0 Å². The number of hydrogen-bond acceptors (Lipinski definition) is 6. The van der Waals surface area contributed by atoms with Crippen molar-refractivity contribution in [3.8, 4) is 0 Å². The minimum absolute atomic E-state index is 0.962. The summed E-state index contributed by atoms with van der Waals surface area (Å²) in [5.41, 5.74) is 0. The van der Waals surface area contributed by atoms with E-state index in [1.54, 1.807) is 0 Å². The molecule has 0 aromatic carbocycles. The Hall–Kier alpha value is -1.59. The van der Waals surface area contributed by atoms with Crippen LogP contribution in [-0.2, 0) is 0 Å². The zero-order valence-electron chi connectivity index (χ0n) is 39.9. The summed E-state index contributed by atoms with van der Waals surface area (Å²) in [5, 5.41) is 0. The molecule has 0 bridgehead atoms. The minimum atomic E-state index is 0.962. The van der Waals surface area contributed by atoms with Crippen molar-refractivity contribution < 1.29 is 0 Å². The molecule has 0 aliphatic carbocycles. The quantitative estimate of drug-likeness (QED) is 0.0613. The second-order valence-corrected chi connectivity index (χ2v) is 17.8. The maximum Gasteiger partial charge on any atom is 0.231 e. The van der Waals surface area contributed by atoms with Gasteiger partial charge < -0.3 is 14.7 Å². The van der Waals surface area contributed by atoms with E-state index in [2.05, 4.69) is 56.2 Å². The predicted octanol–water partition coefficient (Wildman–Crippen LogP) is 16.5. The van der Waals surface area contributed by atoms with Crippen molar-refractivity contribution in [2.45, 2.75) is 273 Å². The Labute approximate surface area is 358 Å². The Kier molecular flexibility index (Phi) is 38.6. The first-order valence-corrected chi connectivity index (χ1v) is 26.2. The lowest BCUT2D eigenvalue weighted by molar-refractivity contribution is 0.558. The number of hydrogen-bond donors (Lipinski definition) is 0. The SMILES string of the molecule is CCCCCCCCN(CCCCCCCC)c1nc(N(CCCCCCCC)CCCCCCCC)nc(N(CCCCCCCC)CCCCCCCC)n1. The Morgan fingerprint density at radius 3 is 0.509 bits per heavy atom. The van der Waals surface area contributed by atoms with Gasteiger partial charge in [0.05, 0.1) is 0 Å².